The van der Waals surface area contributed by atoms with Crippen LogP contribution in [0.15, 0.2) is 66.9 Å². The molecular formula is C27H25ClF3N5O. The van der Waals surface area contributed by atoms with Gasteiger partial charge in [0.1, 0.15) is 11.5 Å². The Hall–Kier alpha value is -3.56. The summed E-state index contributed by atoms with van der Waals surface area (Å²) in [7, 11) is 0. The van der Waals surface area contributed by atoms with Gasteiger partial charge in [0, 0.05) is 35.6 Å². The third-order valence-corrected chi connectivity index (χ3v) is 6.77. The Morgan fingerprint density at radius 1 is 1.16 bits per heavy atom. The minimum absolute atomic E-state index is 0.0841. The fraction of sp³-hybridized carbons (Fsp3) is 0.259. The Labute approximate surface area is 216 Å². The SMILES string of the molecule is Cc1nc(C(F)(F)F)ccc1C(O)Nc1ccc(Cl)c(-c2nc3ccccc3n2CC2C=CNCC2)c1. The fourth-order valence-corrected chi connectivity index (χ4v) is 4.75. The standard InChI is InChI=1S/C27H25ClF3N5O/c1-16-19(7-9-24(33-16)27(29,30)31)26(37)34-18-6-8-21(28)20(14-18)25-35-22-4-2-3-5-23(22)36(25)15-17-10-12-32-13-11-17/h2-10,12,14,17,26,32,34,37H,11,13,15H2,1H3. The third kappa shape index (κ3) is 5.28. The quantitative estimate of drug-likeness (QED) is 0.256. The Kier molecular flexibility index (Phi) is 6.83. The van der Waals surface area contributed by atoms with Gasteiger partial charge in [0.25, 0.3) is 0 Å². The molecule has 0 bridgehead atoms. The van der Waals surface area contributed by atoms with Gasteiger partial charge in [-0.2, -0.15) is 13.2 Å². The van der Waals surface area contributed by atoms with Gasteiger partial charge >= 0.3 is 6.18 Å². The molecule has 2 aromatic heterocycles. The number of hydrogen-bond acceptors (Lipinski definition) is 5. The Balaban J connectivity index is 1.48. The van der Waals surface area contributed by atoms with Gasteiger partial charge in [-0.3, -0.25) is 0 Å². The van der Waals surface area contributed by atoms with Crippen LogP contribution < -0.4 is 10.6 Å². The molecule has 1 aliphatic rings. The van der Waals surface area contributed by atoms with Crippen LogP contribution in [0.1, 0.15) is 29.6 Å². The average molecular weight is 528 g/mol. The van der Waals surface area contributed by atoms with Crippen LogP contribution in [0.5, 0.6) is 0 Å². The molecule has 192 valence electrons. The van der Waals surface area contributed by atoms with Crippen LogP contribution >= 0.6 is 11.6 Å². The van der Waals surface area contributed by atoms with Gasteiger partial charge in [0.05, 0.1) is 16.1 Å². The van der Waals surface area contributed by atoms with E-state index in [4.69, 9.17) is 16.6 Å². The van der Waals surface area contributed by atoms with Gasteiger partial charge in [-0.1, -0.05) is 35.9 Å². The molecule has 5 rings (SSSR count). The highest BCUT2D eigenvalue weighted by atomic mass is 35.5. The number of aliphatic hydroxyl groups excluding tert-OH is 1. The average Bonchev–Trinajstić information content (AvgIpc) is 3.23. The van der Waals surface area contributed by atoms with E-state index in [1.165, 1.54) is 13.0 Å². The molecule has 0 aliphatic carbocycles. The lowest BCUT2D eigenvalue weighted by Crippen LogP contribution is -2.21. The lowest BCUT2D eigenvalue weighted by molar-refractivity contribution is -0.141. The topological polar surface area (TPSA) is 75.0 Å². The van der Waals surface area contributed by atoms with Gasteiger partial charge in [0.15, 0.2) is 6.23 Å². The first-order valence-corrected chi connectivity index (χ1v) is 12.2. The number of imidazole rings is 1. The Morgan fingerprint density at radius 3 is 2.70 bits per heavy atom. The van der Waals surface area contributed by atoms with E-state index in [0.29, 0.717) is 28.0 Å². The monoisotopic (exact) mass is 527 g/mol. The second kappa shape index (κ2) is 10.1. The summed E-state index contributed by atoms with van der Waals surface area (Å²) >= 11 is 6.63. The van der Waals surface area contributed by atoms with Crippen molar-refractivity contribution in [2.24, 2.45) is 5.92 Å². The van der Waals surface area contributed by atoms with Gasteiger partial charge in [-0.25, -0.2) is 9.97 Å². The largest absolute Gasteiger partial charge is 0.433 e. The summed E-state index contributed by atoms with van der Waals surface area (Å²) in [6, 6.07) is 15.2. The lowest BCUT2D eigenvalue weighted by Gasteiger charge is -2.21. The van der Waals surface area contributed by atoms with E-state index in [-0.39, 0.29) is 11.3 Å². The van der Waals surface area contributed by atoms with Crippen molar-refractivity contribution in [3.63, 3.8) is 0 Å². The number of benzene rings is 2. The van der Waals surface area contributed by atoms with Crippen LogP contribution in [-0.4, -0.2) is 26.2 Å². The van der Waals surface area contributed by atoms with E-state index in [9.17, 15) is 18.3 Å². The molecule has 10 heteroatoms. The smallest absolute Gasteiger partial charge is 0.391 e. The van der Waals surface area contributed by atoms with Crippen LogP contribution in [-0.2, 0) is 12.7 Å². The number of allylic oxidation sites excluding steroid dienone is 1. The minimum Gasteiger partial charge on any atom is -0.391 e. The number of pyridine rings is 1. The number of aryl methyl sites for hydroxylation is 1. The van der Waals surface area contributed by atoms with E-state index in [2.05, 4.69) is 26.3 Å². The van der Waals surface area contributed by atoms with Crippen LogP contribution in [0.25, 0.3) is 22.4 Å². The number of para-hydroxylation sites is 2. The maximum atomic E-state index is 13.0. The molecule has 2 aromatic carbocycles. The highest BCUT2D eigenvalue weighted by Crippen LogP contribution is 2.35. The number of rotatable bonds is 6. The predicted molar refractivity (Wildman–Crippen MR) is 138 cm³/mol. The number of nitrogens with one attached hydrogen (secondary N) is 2. The third-order valence-electron chi connectivity index (χ3n) is 6.44. The lowest BCUT2D eigenvalue weighted by atomic mass is 10.0. The summed E-state index contributed by atoms with van der Waals surface area (Å²) in [5.41, 5.74) is 2.37. The minimum atomic E-state index is -4.55. The van der Waals surface area contributed by atoms with Crippen molar-refractivity contribution >= 4 is 28.3 Å². The van der Waals surface area contributed by atoms with Crippen LogP contribution in [0.3, 0.4) is 0 Å². The first-order valence-electron chi connectivity index (χ1n) is 11.9. The number of anilines is 1. The van der Waals surface area contributed by atoms with Crippen molar-refractivity contribution in [3.05, 3.63) is 88.8 Å². The summed E-state index contributed by atoms with van der Waals surface area (Å²) in [4.78, 5) is 8.47. The van der Waals surface area contributed by atoms with Crippen molar-refractivity contribution in [1.82, 2.24) is 19.9 Å². The van der Waals surface area contributed by atoms with E-state index >= 15 is 0 Å². The summed E-state index contributed by atoms with van der Waals surface area (Å²) in [5, 5.41) is 17.4. The molecule has 0 fully saturated rings. The van der Waals surface area contributed by atoms with E-state index in [1.54, 1.807) is 18.2 Å². The number of aliphatic hydroxyl groups is 1. The number of halogens is 4. The zero-order valence-corrected chi connectivity index (χ0v) is 20.7. The Bertz CT molecular complexity index is 1470. The van der Waals surface area contributed by atoms with Crippen molar-refractivity contribution < 1.29 is 18.3 Å². The normalized spacial score (nSPS) is 16.5. The molecule has 1 aliphatic heterocycles. The molecule has 6 nitrogen and oxygen atoms in total. The molecule has 0 saturated heterocycles. The van der Waals surface area contributed by atoms with E-state index in [1.807, 2.05) is 30.5 Å². The molecule has 0 radical (unpaired) electrons. The van der Waals surface area contributed by atoms with Gasteiger partial charge in [0.2, 0.25) is 0 Å². The van der Waals surface area contributed by atoms with Crippen LogP contribution in [0.4, 0.5) is 18.9 Å². The molecule has 2 unspecified atom stereocenters. The molecule has 2 atom stereocenters. The van der Waals surface area contributed by atoms with Crippen LogP contribution in [0, 0.1) is 12.8 Å². The number of hydrogen-bond donors (Lipinski definition) is 3. The highest BCUT2D eigenvalue weighted by molar-refractivity contribution is 6.33. The molecular weight excluding hydrogens is 503 g/mol. The predicted octanol–water partition coefficient (Wildman–Crippen LogP) is 6.31. The van der Waals surface area contributed by atoms with Gasteiger partial charge in [-0.05, 0) is 61.9 Å². The molecule has 3 heterocycles. The van der Waals surface area contributed by atoms with Crippen molar-refractivity contribution in [1.29, 1.82) is 0 Å². The van der Waals surface area contributed by atoms with E-state index in [0.717, 1.165) is 36.6 Å². The van der Waals surface area contributed by atoms with Crippen molar-refractivity contribution in [2.45, 2.75) is 32.3 Å². The molecule has 0 spiro atoms. The van der Waals surface area contributed by atoms with Crippen molar-refractivity contribution in [2.75, 3.05) is 11.9 Å². The Morgan fingerprint density at radius 2 is 1.97 bits per heavy atom. The number of nitrogens with zero attached hydrogens (tertiary/aromatic N) is 3. The number of fused-ring (bicyclic) bond motifs is 1. The number of alkyl halides is 3. The maximum Gasteiger partial charge on any atom is 0.433 e. The summed E-state index contributed by atoms with van der Waals surface area (Å²) in [6.07, 6.45) is -0.711. The first kappa shape index (κ1) is 25.1. The second-order valence-corrected chi connectivity index (χ2v) is 9.41. The zero-order chi connectivity index (χ0) is 26.2. The maximum absolute atomic E-state index is 13.0. The van der Waals surface area contributed by atoms with Crippen LogP contribution in [0.2, 0.25) is 5.02 Å². The highest BCUT2D eigenvalue weighted by Gasteiger charge is 2.33. The molecule has 37 heavy (non-hydrogen) atoms. The fourth-order valence-electron chi connectivity index (χ4n) is 4.55. The van der Waals surface area contributed by atoms with E-state index < -0.39 is 18.1 Å². The summed E-state index contributed by atoms with van der Waals surface area (Å²) < 4.78 is 41.1. The molecule has 0 amide bonds. The molecule has 0 saturated carbocycles. The number of aromatic nitrogens is 3. The van der Waals surface area contributed by atoms with Gasteiger partial charge < -0.3 is 20.3 Å². The summed E-state index contributed by atoms with van der Waals surface area (Å²) in [5.74, 6) is 1.03. The van der Waals surface area contributed by atoms with Crippen molar-refractivity contribution in [3.8, 4) is 11.4 Å². The zero-order valence-electron chi connectivity index (χ0n) is 19.9. The second-order valence-electron chi connectivity index (χ2n) is 9.01. The van der Waals surface area contributed by atoms with Gasteiger partial charge in [-0.15, -0.1) is 0 Å². The first-order chi connectivity index (χ1) is 17.7. The molecule has 3 N–H and O–H groups in total. The summed E-state index contributed by atoms with van der Waals surface area (Å²) in [6.45, 7) is 3.06. The molecule has 4 aromatic rings.